The summed E-state index contributed by atoms with van der Waals surface area (Å²) in [5.74, 6) is 0. The van der Waals surface area contributed by atoms with Gasteiger partial charge in [-0.05, 0) is 31.5 Å². The van der Waals surface area contributed by atoms with Crippen molar-refractivity contribution >= 4 is 11.6 Å². The summed E-state index contributed by atoms with van der Waals surface area (Å²) < 4.78 is 5.17. The summed E-state index contributed by atoms with van der Waals surface area (Å²) >= 11 is 6.05. The van der Waals surface area contributed by atoms with Crippen molar-refractivity contribution in [3.63, 3.8) is 0 Å². The fourth-order valence-electron chi connectivity index (χ4n) is 2.15. The molecule has 0 saturated heterocycles. The predicted octanol–water partition coefficient (Wildman–Crippen LogP) is 2.70. The fraction of sp³-hybridized carbons (Fsp3) is 0.571. The number of ether oxygens (including phenoxy) is 1. The van der Waals surface area contributed by atoms with Crippen LogP contribution in [0.2, 0.25) is 5.02 Å². The minimum Gasteiger partial charge on any atom is -0.383 e. The summed E-state index contributed by atoms with van der Waals surface area (Å²) in [6.45, 7) is 6.48. The quantitative estimate of drug-likeness (QED) is 0.828. The molecular formula is C14H23ClN2O. The molecule has 1 aromatic rings. The zero-order valence-corrected chi connectivity index (χ0v) is 12.2. The highest BCUT2D eigenvalue weighted by atomic mass is 35.5. The molecule has 0 amide bonds. The molecule has 18 heavy (non-hydrogen) atoms. The van der Waals surface area contributed by atoms with E-state index in [9.17, 15) is 0 Å². The van der Waals surface area contributed by atoms with E-state index in [2.05, 4.69) is 24.8 Å². The maximum absolute atomic E-state index is 6.05. The van der Waals surface area contributed by atoms with E-state index in [0.717, 1.165) is 17.1 Å². The lowest BCUT2D eigenvalue weighted by molar-refractivity contribution is 0.0979. The van der Waals surface area contributed by atoms with Gasteiger partial charge < -0.3 is 10.5 Å². The van der Waals surface area contributed by atoms with Crippen molar-refractivity contribution in [2.75, 3.05) is 26.8 Å². The van der Waals surface area contributed by atoms with Crippen LogP contribution < -0.4 is 5.73 Å². The molecule has 3 nitrogen and oxygen atoms in total. The van der Waals surface area contributed by atoms with Crippen molar-refractivity contribution in [3.05, 3.63) is 34.9 Å². The van der Waals surface area contributed by atoms with Crippen LogP contribution in [0.25, 0.3) is 0 Å². The van der Waals surface area contributed by atoms with Crippen molar-refractivity contribution in [1.29, 1.82) is 0 Å². The van der Waals surface area contributed by atoms with Crippen LogP contribution in [0.15, 0.2) is 24.3 Å². The molecule has 4 heteroatoms. The Bertz CT molecular complexity index is 357. The van der Waals surface area contributed by atoms with Gasteiger partial charge in [0.2, 0.25) is 0 Å². The van der Waals surface area contributed by atoms with E-state index in [1.807, 2.05) is 18.2 Å². The van der Waals surface area contributed by atoms with E-state index < -0.39 is 0 Å². The van der Waals surface area contributed by atoms with Gasteiger partial charge in [-0.25, -0.2) is 0 Å². The first kappa shape index (κ1) is 15.4. The molecule has 102 valence electrons. The lowest BCUT2D eigenvalue weighted by Crippen LogP contribution is -2.40. The number of halogens is 1. The number of hydrogen-bond acceptors (Lipinski definition) is 3. The van der Waals surface area contributed by atoms with Crippen LogP contribution in [0.1, 0.15) is 25.5 Å². The molecule has 0 aliphatic heterocycles. The summed E-state index contributed by atoms with van der Waals surface area (Å²) in [6, 6.07) is 8.50. The van der Waals surface area contributed by atoms with Crippen LogP contribution in [0.4, 0.5) is 0 Å². The molecule has 2 N–H and O–H groups in total. The van der Waals surface area contributed by atoms with E-state index in [1.165, 1.54) is 0 Å². The van der Waals surface area contributed by atoms with Crippen LogP contribution in [0.5, 0.6) is 0 Å². The molecule has 0 bridgehead atoms. The zero-order chi connectivity index (χ0) is 13.5. The van der Waals surface area contributed by atoms with Crippen molar-refractivity contribution in [2.24, 2.45) is 5.73 Å². The topological polar surface area (TPSA) is 38.5 Å². The van der Waals surface area contributed by atoms with Crippen molar-refractivity contribution in [1.82, 2.24) is 4.90 Å². The lowest BCUT2D eigenvalue weighted by Gasteiger charge is -2.34. The molecule has 0 fully saturated rings. The Morgan fingerprint density at radius 1 is 1.39 bits per heavy atom. The molecule has 0 aliphatic carbocycles. The fourth-order valence-corrected chi connectivity index (χ4v) is 2.35. The van der Waals surface area contributed by atoms with E-state index in [0.29, 0.717) is 19.2 Å². The Hall–Kier alpha value is -0.610. The maximum atomic E-state index is 6.05. The first-order chi connectivity index (χ1) is 8.60. The van der Waals surface area contributed by atoms with Gasteiger partial charge in [-0.3, -0.25) is 4.90 Å². The van der Waals surface area contributed by atoms with Gasteiger partial charge in [-0.2, -0.15) is 0 Å². The van der Waals surface area contributed by atoms with Gasteiger partial charge in [0.1, 0.15) is 0 Å². The third-order valence-electron chi connectivity index (χ3n) is 3.07. The Morgan fingerprint density at radius 3 is 2.61 bits per heavy atom. The predicted molar refractivity (Wildman–Crippen MR) is 77.0 cm³/mol. The average Bonchev–Trinajstić information content (AvgIpc) is 2.34. The van der Waals surface area contributed by atoms with Crippen LogP contribution in [-0.2, 0) is 4.74 Å². The molecule has 0 spiro atoms. The van der Waals surface area contributed by atoms with E-state index in [4.69, 9.17) is 22.1 Å². The summed E-state index contributed by atoms with van der Waals surface area (Å²) in [4.78, 5) is 2.34. The molecule has 0 aliphatic rings. The van der Waals surface area contributed by atoms with Gasteiger partial charge in [0.15, 0.2) is 0 Å². The first-order valence-electron chi connectivity index (χ1n) is 6.30. The zero-order valence-electron chi connectivity index (χ0n) is 11.4. The second-order valence-corrected chi connectivity index (χ2v) is 5.07. The molecule has 1 rings (SSSR count). The number of hydrogen-bond donors (Lipinski definition) is 1. The van der Waals surface area contributed by atoms with Gasteiger partial charge in [0, 0.05) is 37.3 Å². The monoisotopic (exact) mass is 270 g/mol. The van der Waals surface area contributed by atoms with E-state index in [-0.39, 0.29) is 6.04 Å². The second-order valence-electron chi connectivity index (χ2n) is 4.63. The van der Waals surface area contributed by atoms with Crippen LogP contribution in [-0.4, -0.2) is 37.7 Å². The molecule has 0 saturated carbocycles. The van der Waals surface area contributed by atoms with Gasteiger partial charge in [-0.15, -0.1) is 0 Å². The van der Waals surface area contributed by atoms with Crippen molar-refractivity contribution in [2.45, 2.75) is 25.9 Å². The number of nitrogens with zero attached hydrogens (tertiary/aromatic N) is 1. The normalized spacial score (nSPS) is 13.3. The van der Waals surface area contributed by atoms with Crippen LogP contribution in [0.3, 0.4) is 0 Å². The Kier molecular flexibility index (Phi) is 6.65. The smallest absolute Gasteiger partial charge is 0.0590 e. The number of benzene rings is 1. The Morgan fingerprint density at radius 2 is 2.11 bits per heavy atom. The SMILES string of the molecule is COCCN(C(C)C)C(CN)c1cccc(Cl)c1. The largest absolute Gasteiger partial charge is 0.383 e. The van der Waals surface area contributed by atoms with Crippen LogP contribution >= 0.6 is 11.6 Å². The molecule has 0 radical (unpaired) electrons. The highest BCUT2D eigenvalue weighted by Crippen LogP contribution is 2.24. The molecule has 0 aromatic heterocycles. The summed E-state index contributed by atoms with van der Waals surface area (Å²) in [6.07, 6.45) is 0. The van der Waals surface area contributed by atoms with Crippen LogP contribution in [0, 0.1) is 0 Å². The van der Waals surface area contributed by atoms with Crippen molar-refractivity contribution in [3.8, 4) is 0 Å². The summed E-state index contributed by atoms with van der Waals surface area (Å²) in [5.41, 5.74) is 7.10. The van der Waals surface area contributed by atoms with Gasteiger partial charge in [0.05, 0.1) is 6.61 Å². The van der Waals surface area contributed by atoms with Crippen molar-refractivity contribution < 1.29 is 4.74 Å². The maximum Gasteiger partial charge on any atom is 0.0590 e. The summed E-state index contributed by atoms with van der Waals surface area (Å²) in [7, 11) is 1.72. The van der Waals surface area contributed by atoms with Gasteiger partial charge in [-0.1, -0.05) is 23.7 Å². The molecule has 0 heterocycles. The molecule has 1 aromatic carbocycles. The van der Waals surface area contributed by atoms with E-state index in [1.54, 1.807) is 7.11 Å². The lowest BCUT2D eigenvalue weighted by atomic mass is 10.0. The second kappa shape index (κ2) is 7.74. The third-order valence-corrected chi connectivity index (χ3v) is 3.31. The molecule has 1 unspecified atom stereocenters. The van der Waals surface area contributed by atoms with Gasteiger partial charge >= 0.3 is 0 Å². The van der Waals surface area contributed by atoms with E-state index >= 15 is 0 Å². The third kappa shape index (κ3) is 4.25. The summed E-state index contributed by atoms with van der Waals surface area (Å²) in [5, 5.41) is 0.751. The standard InChI is InChI=1S/C14H23ClN2O/c1-11(2)17(7-8-18-3)14(10-16)12-5-4-6-13(15)9-12/h4-6,9,11,14H,7-8,10,16H2,1-3H3. The molecular weight excluding hydrogens is 248 g/mol. The Balaban J connectivity index is 2.90. The number of methoxy groups -OCH3 is 1. The Labute approximate surface area is 115 Å². The minimum atomic E-state index is 0.179. The average molecular weight is 271 g/mol. The molecule has 1 atom stereocenters. The number of nitrogens with two attached hydrogens (primary N) is 1. The highest BCUT2D eigenvalue weighted by Gasteiger charge is 2.21. The minimum absolute atomic E-state index is 0.179. The highest BCUT2D eigenvalue weighted by molar-refractivity contribution is 6.30. The first-order valence-corrected chi connectivity index (χ1v) is 6.68. The number of rotatable bonds is 7. The van der Waals surface area contributed by atoms with Gasteiger partial charge in [0.25, 0.3) is 0 Å².